The Morgan fingerprint density at radius 3 is 2.35 bits per heavy atom. The average Bonchev–Trinajstić information content (AvgIpc) is 2.27. The third-order valence-electron chi connectivity index (χ3n) is 2.88. The summed E-state index contributed by atoms with van der Waals surface area (Å²) in [6.07, 6.45) is 1.76. The number of methoxy groups -OCH3 is 1. The summed E-state index contributed by atoms with van der Waals surface area (Å²) in [7, 11) is 1.40. The molecule has 0 bridgehead atoms. The first-order valence-corrected chi connectivity index (χ1v) is 5.65. The summed E-state index contributed by atoms with van der Waals surface area (Å²) in [4.78, 5) is 24.7. The fourth-order valence-electron chi connectivity index (χ4n) is 1.94. The molecule has 1 amide bonds. The molecule has 0 spiro atoms. The Bertz CT molecular complexity index is 263. The maximum absolute atomic E-state index is 11.7. The van der Waals surface area contributed by atoms with Crippen LogP contribution in [-0.2, 0) is 14.3 Å². The van der Waals surface area contributed by atoms with Crippen LogP contribution in [0.1, 0.15) is 26.2 Å². The minimum Gasteiger partial charge on any atom is -0.469 e. The van der Waals surface area contributed by atoms with Crippen LogP contribution in [0, 0.1) is 5.92 Å². The average molecular weight is 265 g/mol. The molecule has 0 aromatic carbocycles. The van der Waals surface area contributed by atoms with Crippen molar-refractivity contribution in [3.8, 4) is 0 Å². The summed E-state index contributed by atoms with van der Waals surface area (Å²) in [6, 6.07) is -0.106. The van der Waals surface area contributed by atoms with E-state index in [0.29, 0.717) is 32.4 Å². The molecule has 0 aromatic rings. The van der Waals surface area contributed by atoms with Gasteiger partial charge in [-0.2, -0.15) is 0 Å². The van der Waals surface area contributed by atoms with Crippen molar-refractivity contribution in [3.63, 3.8) is 0 Å². The van der Waals surface area contributed by atoms with Gasteiger partial charge in [0.25, 0.3) is 0 Å². The van der Waals surface area contributed by atoms with E-state index >= 15 is 0 Å². The van der Waals surface area contributed by atoms with Gasteiger partial charge in [0.1, 0.15) is 0 Å². The molecule has 0 aromatic heterocycles. The smallest absolute Gasteiger partial charge is 0.308 e. The van der Waals surface area contributed by atoms with Crippen molar-refractivity contribution >= 4 is 24.3 Å². The molecular formula is C11H21ClN2O3. The molecule has 0 saturated carbocycles. The summed E-state index contributed by atoms with van der Waals surface area (Å²) in [5.41, 5.74) is 5.58. The second kappa shape index (κ2) is 7.50. The molecule has 1 fully saturated rings. The largest absolute Gasteiger partial charge is 0.469 e. The van der Waals surface area contributed by atoms with Crippen molar-refractivity contribution in [3.05, 3.63) is 0 Å². The summed E-state index contributed by atoms with van der Waals surface area (Å²) in [5, 5.41) is 0. The van der Waals surface area contributed by atoms with Crippen molar-refractivity contribution in [2.75, 3.05) is 20.2 Å². The van der Waals surface area contributed by atoms with Crippen LogP contribution >= 0.6 is 12.4 Å². The van der Waals surface area contributed by atoms with Gasteiger partial charge in [0.2, 0.25) is 5.91 Å². The normalized spacial score (nSPS) is 18.2. The monoisotopic (exact) mass is 264 g/mol. The lowest BCUT2D eigenvalue weighted by Gasteiger charge is -2.31. The van der Waals surface area contributed by atoms with Gasteiger partial charge in [0.15, 0.2) is 0 Å². The van der Waals surface area contributed by atoms with E-state index in [1.165, 1.54) is 7.11 Å². The van der Waals surface area contributed by atoms with E-state index in [0.717, 1.165) is 0 Å². The third-order valence-corrected chi connectivity index (χ3v) is 2.88. The number of likely N-dealkylation sites (tertiary alicyclic amines) is 1. The topological polar surface area (TPSA) is 72.6 Å². The standard InChI is InChI=1S/C11H20N2O3.ClH/c1-8(12)7-10(14)13-5-3-9(4-6-13)11(15)16-2;/h8-9H,3-7,12H2,1-2H3;1H. The van der Waals surface area contributed by atoms with Gasteiger partial charge in [-0.1, -0.05) is 0 Å². The van der Waals surface area contributed by atoms with E-state index in [9.17, 15) is 9.59 Å². The van der Waals surface area contributed by atoms with Crippen LogP contribution in [0.3, 0.4) is 0 Å². The highest BCUT2D eigenvalue weighted by atomic mass is 35.5. The summed E-state index contributed by atoms with van der Waals surface area (Å²) in [6.45, 7) is 3.08. The SMILES string of the molecule is COC(=O)C1CCN(C(=O)CC(C)N)CC1.Cl. The van der Waals surface area contributed by atoms with Crippen LogP contribution in [0.2, 0.25) is 0 Å². The number of hydrogen-bond donors (Lipinski definition) is 1. The lowest BCUT2D eigenvalue weighted by atomic mass is 9.96. The van der Waals surface area contributed by atoms with Crippen LogP contribution in [-0.4, -0.2) is 43.0 Å². The number of nitrogens with two attached hydrogens (primary N) is 1. The Morgan fingerprint density at radius 2 is 1.94 bits per heavy atom. The minimum atomic E-state index is -0.167. The Morgan fingerprint density at radius 1 is 1.41 bits per heavy atom. The summed E-state index contributed by atoms with van der Waals surface area (Å²) in [5.74, 6) is -0.137. The van der Waals surface area contributed by atoms with Gasteiger partial charge >= 0.3 is 5.97 Å². The maximum Gasteiger partial charge on any atom is 0.308 e. The second-order valence-corrected chi connectivity index (χ2v) is 4.36. The predicted molar refractivity (Wildman–Crippen MR) is 66.8 cm³/mol. The van der Waals surface area contributed by atoms with Gasteiger partial charge in [0.05, 0.1) is 13.0 Å². The second-order valence-electron chi connectivity index (χ2n) is 4.36. The molecular weight excluding hydrogens is 244 g/mol. The number of piperidine rings is 1. The molecule has 1 rings (SSSR count). The molecule has 0 aliphatic carbocycles. The number of amides is 1. The minimum absolute atomic E-state index is 0. The van der Waals surface area contributed by atoms with E-state index < -0.39 is 0 Å². The van der Waals surface area contributed by atoms with E-state index in [1.807, 2.05) is 6.92 Å². The molecule has 1 unspecified atom stereocenters. The highest BCUT2D eigenvalue weighted by Crippen LogP contribution is 2.19. The van der Waals surface area contributed by atoms with E-state index in [2.05, 4.69) is 4.74 Å². The lowest BCUT2D eigenvalue weighted by molar-refractivity contribution is -0.149. The van der Waals surface area contributed by atoms with Crippen molar-refractivity contribution in [2.45, 2.75) is 32.2 Å². The predicted octanol–water partition coefficient (Wildman–Crippen LogP) is 0.557. The molecule has 2 N–H and O–H groups in total. The zero-order chi connectivity index (χ0) is 12.1. The number of carbonyl (C=O) groups is 2. The Labute approximate surface area is 108 Å². The van der Waals surface area contributed by atoms with Crippen LogP contribution in [0.5, 0.6) is 0 Å². The number of nitrogens with zero attached hydrogens (tertiary/aromatic N) is 1. The highest BCUT2D eigenvalue weighted by Gasteiger charge is 2.27. The van der Waals surface area contributed by atoms with Crippen molar-refractivity contribution < 1.29 is 14.3 Å². The summed E-state index contributed by atoms with van der Waals surface area (Å²) >= 11 is 0. The summed E-state index contributed by atoms with van der Waals surface area (Å²) < 4.78 is 4.69. The quantitative estimate of drug-likeness (QED) is 0.756. The van der Waals surface area contributed by atoms with Gasteiger partial charge in [-0.05, 0) is 19.8 Å². The molecule has 6 heteroatoms. The van der Waals surface area contributed by atoms with Gasteiger partial charge in [-0.25, -0.2) is 0 Å². The first kappa shape index (κ1) is 16.2. The first-order valence-electron chi connectivity index (χ1n) is 5.65. The Hall–Kier alpha value is -0.810. The molecule has 1 saturated heterocycles. The molecule has 1 heterocycles. The van der Waals surface area contributed by atoms with E-state index in [1.54, 1.807) is 4.90 Å². The maximum atomic E-state index is 11.7. The van der Waals surface area contributed by atoms with Crippen LogP contribution in [0.25, 0.3) is 0 Å². The Balaban J connectivity index is 0.00000256. The van der Waals surface area contributed by atoms with Gasteiger partial charge < -0.3 is 15.4 Å². The number of carbonyl (C=O) groups excluding carboxylic acids is 2. The van der Waals surface area contributed by atoms with E-state index in [4.69, 9.17) is 5.73 Å². The zero-order valence-corrected chi connectivity index (χ0v) is 11.2. The molecule has 1 aliphatic heterocycles. The molecule has 100 valence electrons. The molecule has 1 aliphatic rings. The zero-order valence-electron chi connectivity index (χ0n) is 10.3. The van der Waals surface area contributed by atoms with E-state index in [-0.39, 0.29) is 36.2 Å². The molecule has 0 radical (unpaired) electrons. The fourth-order valence-corrected chi connectivity index (χ4v) is 1.94. The number of esters is 1. The molecule has 5 nitrogen and oxygen atoms in total. The molecule has 17 heavy (non-hydrogen) atoms. The first-order chi connectivity index (χ1) is 7.54. The highest BCUT2D eigenvalue weighted by molar-refractivity contribution is 5.85. The molecule has 1 atom stereocenters. The van der Waals surface area contributed by atoms with Crippen LogP contribution in [0.4, 0.5) is 0 Å². The number of halogens is 1. The Kier molecular flexibility index (Phi) is 7.15. The number of hydrogen-bond acceptors (Lipinski definition) is 4. The van der Waals surface area contributed by atoms with Crippen molar-refractivity contribution in [2.24, 2.45) is 11.7 Å². The van der Waals surface area contributed by atoms with Crippen LogP contribution < -0.4 is 5.73 Å². The van der Waals surface area contributed by atoms with Gasteiger partial charge in [-0.15, -0.1) is 12.4 Å². The lowest BCUT2D eigenvalue weighted by Crippen LogP contribution is -2.42. The van der Waals surface area contributed by atoms with Gasteiger partial charge in [-0.3, -0.25) is 9.59 Å². The van der Waals surface area contributed by atoms with Crippen molar-refractivity contribution in [1.82, 2.24) is 4.90 Å². The fraction of sp³-hybridized carbons (Fsp3) is 0.818. The van der Waals surface area contributed by atoms with Crippen LogP contribution in [0.15, 0.2) is 0 Å². The van der Waals surface area contributed by atoms with Crippen molar-refractivity contribution in [1.29, 1.82) is 0 Å². The number of rotatable bonds is 3. The number of ether oxygens (including phenoxy) is 1. The van der Waals surface area contributed by atoms with Gasteiger partial charge in [0, 0.05) is 25.6 Å². The third kappa shape index (κ3) is 4.91.